The fraction of sp³-hybridized carbons (Fsp3) is 0.471. The molecule has 2 aliphatic rings. The van der Waals surface area contributed by atoms with Crippen LogP contribution in [0.1, 0.15) is 12.8 Å². The molecule has 0 atom stereocenters. The van der Waals surface area contributed by atoms with Gasteiger partial charge in [-0.05, 0) is 37.1 Å². The molecular formula is C17H20FN5O3S3. The number of halogens is 1. The van der Waals surface area contributed by atoms with Gasteiger partial charge in [-0.1, -0.05) is 23.1 Å². The van der Waals surface area contributed by atoms with Gasteiger partial charge in [0.15, 0.2) is 4.34 Å². The normalized spacial score (nSPS) is 18.0. The number of benzene rings is 1. The summed E-state index contributed by atoms with van der Waals surface area (Å²) < 4.78 is 40.4. The van der Waals surface area contributed by atoms with Crippen molar-refractivity contribution in [3.63, 3.8) is 0 Å². The fourth-order valence-electron chi connectivity index (χ4n) is 2.88. The standard InChI is InChI=1S/C17H20FN5O3S3/c18-12-1-5-14(6-2-12)29(25,26)23-9-7-22(8-10-23)15(24)11-27-17-21-20-16(28-17)19-13-3-4-13/h1-2,5-6,13H,3-4,7-11H2,(H,19,20). The lowest BCUT2D eigenvalue weighted by atomic mass is 10.3. The number of amides is 1. The second kappa shape index (κ2) is 8.54. The number of anilines is 1. The van der Waals surface area contributed by atoms with Crippen molar-refractivity contribution >= 4 is 44.2 Å². The molecule has 1 amide bonds. The molecule has 2 fully saturated rings. The monoisotopic (exact) mass is 457 g/mol. The van der Waals surface area contributed by atoms with Crippen LogP contribution in [0.3, 0.4) is 0 Å². The Balaban J connectivity index is 1.26. The Morgan fingerprint density at radius 3 is 2.52 bits per heavy atom. The van der Waals surface area contributed by atoms with E-state index in [0.29, 0.717) is 19.1 Å². The number of hydrogen-bond acceptors (Lipinski definition) is 8. The zero-order chi connectivity index (χ0) is 20.4. The second-order valence-electron chi connectivity index (χ2n) is 6.82. The first-order chi connectivity index (χ1) is 13.9. The first-order valence-electron chi connectivity index (χ1n) is 9.18. The third-order valence-electron chi connectivity index (χ3n) is 4.67. The number of rotatable bonds is 7. The van der Waals surface area contributed by atoms with E-state index in [1.54, 1.807) is 4.90 Å². The van der Waals surface area contributed by atoms with Crippen LogP contribution in [0.15, 0.2) is 33.5 Å². The smallest absolute Gasteiger partial charge is 0.243 e. The van der Waals surface area contributed by atoms with Crippen molar-refractivity contribution in [3.05, 3.63) is 30.1 Å². The Morgan fingerprint density at radius 2 is 1.86 bits per heavy atom. The lowest BCUT2D eigenvalue weighted by Gasteiger charge is -2.34. The van der Waals surface area contributed by atoms with E-state index in [-0.39, 0.29) is 29.6 Å². The predicted molar refractivity (Wildman–Crippen MR) is 109 cm³/mol. The molecule has 0 unspecified atom stereocenters. The predicted octanol–water partition coefficient (Wildman–Crippen LogP) is 1.88. The van der Waals surface area contributed by atoms with Crippen LogP contribution in [0, 0.1) is 5.82 Å². The van der Waals surface area contributed by atoms with Crippen molar-refractivity contribution in [3.8, 4) is 0 Å². The average Bonchev–Trinajstić information content (AvgIpc) is 3.42. The Bertz CT molecular complexity index is 970. The van der Waals surface area contributed by atoms with E-state index in [1.807, 2.05) is 0 Å². The van der Waals surface area contributed by atoms with E-state index in [4.69, 9.17) is 0 Å². The highest BCUT2D eigenvalue weighted by molar-refractivity contribution is 8.01. The molecule has 0 bridgehead atoms. The molecular weight excluding hydrogens is 437 g/mol. The molecule has 12 heteroatoms. The summed E-state index contributed by atoms with van der Waals surface area (Å²) in [7, 11) is -3.69. The first kappa shape index (κ1) is 20.5. The van der Waals surface area contributed by atoms with Gasteiger partial charge in [-0.25, -0.2) is 12.8 Å². The van der Waals surface area contributed by atoms with Crippen molar-refractivity contribution < 1.29 is 17.6 Å². The van der Waals surface area contributed by atoms with Crippen LogP contribution in [0.25, 0.3) is 0 Å². The number of piperazine rings is 1. The molecule has 1 saturated heterocycles. The van der Waals surface area contributed by atoms with Crippen molar-refractivity contribution in [1.82, 2.24) is 19.4 Å². The summed E-state index contributed by atoms with van der Waals surface area (Å²) in [6.07, 6.45) is 2.31. The van der Waals surface area contributed by atoms with Gasteiger partial charge in [0, 0.05) is 32.2 Å². The topological polar surface area (TPSA) is 95.5 Å². The molecule has 156 valence electrons. The lowest BCUT2D eigenvalue weighted by Crippen LogP contribution is -2.50. The quantitative estimate of drug-likeness (QED) is 0.634. The number of carbonyl (C=O) groups excluding carboxylic acids is 1. The zero-order valence-electron chi connectivity index (χ0n) is 15.5. The molecule has 1 N–H and O–H groups in total. The van der Waals surface area contributed by atoms with Crippen LogP contribution in [-0.4, -0.2) is 71.7 Å². The van der Waals surface area contributed by atoms with Gasteiger partial charge in [-0.3, -0.25) is 4.79 Å². The van der Waals surface area contributed by atoms with Crippen molar-refractivity contribution in [2.75, 3.05) is 37.2 Å². The number of sulfonamides is 1. The molecule has 1 aliphatic carbocycles. The minimum atomic E-state index is -3.69. The van der Waals surface area contributed by atoms with E-state index in [1.165, 1.54) is 39.5 Å². The van der Waals surface area contributed by atoms with Crippen LogP contribution >= 0.6 is 23.1 Å². The molecule has 4 rings (SSSR count). The molecule has 1 aromatic heterocycles. The van der Waals surface area contributed by atoms with Gasteiger partial charge in [0.2, 0.25) is 21.1 Å². The maximum atomic E-state index is 13.0. The number of nitrogens with one attached hydrogen (secondary N) is 1. The van der Waals surface area contributed by atoms with E-state index < -0.39 is 15.8 Å². The molecule has 29 heavy (non-hydrogen) atoms. The zero-order valence-corrected chi connectivity index (χ0v) is 17.9. The summed E-state index contributed by atoms with van der Waals surface area (Å²) >= 11 is 2.78. The van der Waals surface area contributed by atoms with Gasteiger partial charge in [0.05, 0.1) is 10.6 Å². The third kappa shape index (κ3) is 5.05. The Hall–Kier alpha value is -1.76. The summed E-state index contributed by atoms with van der Waals surface area (Å²) in [5, 5.41) is 12.2. The fourth-order valence-corrected chi connectivity index (χ4v) is 6.03. The van der Waals surface area contributed by atoms with Crippen LogP contribution in [0.2, 0.25) is 0 Å². The summed E-state index contributed by atoms with van der Waals surface area (Å²) in [4.78, 5) is 14.2. The summed E-state index contributed by atoms with van der Waals surface area (Å²) in [5.41, 5.74) is 0. The first-order valence-corrected chi connectivity index (χ1v) is 12.4. The molecule has 2 aromatic rings. The molecule has 0 spiro atoms. The molecule has 1 saturated carbocycles. The van der Waals surface area contributed by atoms with Gasteiger partial charge in [-0.2, -0.15) is 4.31 Å². The van der Waals surface area contributed by atoms with Gasteiger partial charge < -0.3 is 10.2 Å². The molecule has 2 heterocycles. The number of nitrogens with zero attached hydrogens (tertiary/aromatic N) is 4. The van der Waals surface area contributed by atoms with E-state index >= 15 is 0 Å². The summed E-state index contributed by atoms with van der Waals surface area (Å²) in [6, 6.07) is 5.27. The number of aromatic nitrogens is 2. The van der Waals surface area contributed by atoms with Crippen LogP contribution in [0.5, 0.6) is 0 Å². The minimum absolute atomic E-state index is 0.0549. The number of thioether (sulfide) groups is 1. The van der Waals surface area contributed by atoms with Crippen molar-refractivity contribution in [2.24, 2.45) is 0 Å². The van der Waals surface area contributed by atoms with Crippen LogP contribution in [-0.2, 0) is 14.8 Å². The van der Waals surface area contributed by atoms with Gasteiger partial charge in [0.1, 0.15) is 5.82 Å². The van der Waals surface area contributed by atoms with Crippen LogP contribution < -0.4 is 5.32 Å². The van der Waals surface area contributed by atoms with Gasteiger partial charge in [-0.15, -0.1) is 10.2 Å². The minimum Gasteiger partial charge on any atom is -0.357 e. The van der Waals surface area contributed by atoms with Gasteiger partial charge in [0.25, 0.3) is 0 Å². The van der Waals surface area contributed by atoms with E-state index in [0.717, 1.165) is 34.4 Å². The molecule has 1 aliphatic heterocycles. The Labute approximate surface area is 176 Å². The second-order valence-corrected chi connectivity index (χ2v) is 11.0. The molecule has 8 nitrogen and oxygen atoms in total. The summed E-state index contributed by atoms with van der Waals surface area (Å²) in [6.45, 7) is 1.07. The van der Waals surface area contributed by atoms with E-state index in [2.05, 4.69) is 15.5 Å². The maximum Gasteiger partial charge on any atom is 0.243 e. The highest BCUT2D eigenvalue weighted by Crippen LogP contribution is 2.30. The molecule has 0 radical (unpaired) electrons. The lowest BCUT2D eigenvalue weighted by molar-refractivity contribution is -0.129. The summed E-state index contributed by atoms with van der Waals surface area (Å²) in [5.74, 6) is -0.300. The Morgan fingerprint density at radius 1 is 1.17 bits per heavy atom. The molecule has 1 aromatic carbocycles. The van der Waals surface area contributed by atoms with Crippen LogP contribution in [0.4, 0.5) is 9.52 Å². The SMILES string of the molecule is O=C(CSc1nnc(NC2CC2)s1)N1CCN(S(=O)(=O)c2ccc(F)cc2)CC1. The van der Waals surface area contributed by atoms with Crippen molar-refractivity contribution in [2.45, 2.75) is 28.1 Å². The van der Waals surface area contributed by atoms with Crippen molar-refractivity contribution in [1.29, 1.82) is 0 Å². The number of hydrogen-bond donors (Lipinski definition) is 1. The highest BCUT2D eigenvalue weighted by atomic mass is 32.2. The third-order valence-corrected chi connectivity index (χ3v) is 8.56. The Kier molecular flexibility index (Phi) is 6.04. The number of carbonyl (C=O) groups is 1. The van der Waals surface area contributed by atoms with Gasteiger partial charge >= 0.3 is 0 Å². The highest BCUT2D eigenvalue weighted by Gasteiger charge is 2.30. The average molecular weight is 458 g/mol. The van der Waals surface area contributed by atoms with E-state index in [9.17, 15) is 17.6 Å². The largest absolute Gasteiger partial charge is 0.357 e. The maximum absolute atomic E-state index is 13.0.